The van der Waals surface area contributed by atoms with Gasteiger partial charge in [-0.25, -0.2) is 4.79 Å². The minimum Gasteiger partial charge on any atom is -0.462 e. The number of rotatable bonds is 5. The van der Waals surface area contributed by atoms with Crippen molar-refractivity contribution in [2.45, 2.75) is 52.6 Å². The summed E-state index contributed by atoms with van der Waals surface area (Å²) < 4.78 is 10.7. The molecule has 2 bridgehead atoms. The first-order chi connectivity index (χ1) is 12.2. The van der Waals surface area contributed by atoms with Crippen LogP contribution in [-0.4, -0.2) is 30.1 Å². The van der Waals surface area contributed by atoms with E-state index in [-0.39, 0.29) is 11.9 Å². The fourth-order valence-corrected chi connectivity index (χ4v) is 3.98. The van der Waals surface area contributed by atoms with Gasteiger partial charge in [0.25, 0.3) is 5.91 Å². The van der Waals surface area contributed by atoms with Crippen LogP contribution in [0.15, 0.2) is 24.3 Å². The molecule has 1 amide bonds. The lowest BCUT2D eigenvalue weighted by Gasteiger charge is -2.35. The number of benzene rings is 1. The molecule has 2 atom stereocenters. The van der Waals surface area contributed by atoms with Gasteiger partial charge in [-0.15, -0.1) is 0 Å². The molecule has 6 nitrogen and oxygen atoms in total. The third-order valence-electron chi connectivity index (χ3n) is 6.24. The molecular weight excluding hydrogens is 334 g/mol. The summed E-state index contributed by atoms with van der Waals surface area (Å²) in [6.07, 6.45) is 1.85. The van der Waals surface area contributed by atoms with E-state index in [1.54, 1.807) is 24.3 Å². The largest absolute Gasteiger partial charge is 0.462 e. The summed E-state index contributed by atoms with van der Waals surface area (Å²) in [5.41, 5.74) is -1.61. The van der Waals surface area contributed by atoms with Gasteiger partial charge in [-0.2, -0.15) is 0 Å². The van der Waals surface area contributed by atoms with E-state index >= 15 is 0 Å². The Morgan fingerprint density at radius 1 is 1.23 bits per heavy atom. The first kappa shape index (κ1) is 18.4. The highest BCUT2D eigenvalue weighted by atomic mass is 16.6. The van der Waals surface area contributed by atoms with Gasteiger partial charge in [0.15, 0.2) is 5.60 Å². The molecule has 26 heavy (non-hydrogen) atoms. The Kier molecular flexibility index (Phi) is 4.33. The highest BCUT2D eigenvalue weighted by Crippen LogP contribution is 2.65. The highest BCUT2D eigenvalue weighted by Gasteiger charge is 2.75. The molecule has 0 unspecified atom stereocenters. The number of esters is 2. The number of nitrogens with one attached hydrogen (secondary N) is 1. The molecule has 3 rings (SSSR count). The summed E-state index contributed by atoms with van der Waals surface area (Å²) in [5, 5.41) is 2.82. The lowest BCUT2D eigenvalue weighted by Crippen LogP contribution is -2.50. The van der Waals surface area contributed by atoms with Crippen LogP contribution in [0.5, 0.6) is 0 Å². The van der Waals surface area contributed by atoms with E-state index in [0.29, 0.717) is 30.7 Å². The van der Waals surface area contributed by atoms with Crippen LogP contribution in [0.1, 0.15) is 57.3 Å². The van der Waals surface area contributed by atoms with E-state index in [1.807, 2.05) is 27.7 Å². The average Bonchev–Trinajstić information content (AvgIpc) is 2.90. The maximum Gasteiger partial charge on any atom is 0.338 e. The average molecular weight is 359 g/mol. The van der Waals surface area contributed by atoms with Gasteiger partial charge in [0.1, 0.15) is 0 Å². The van der Waals surface area contributed by atoms with Crippen LogP contribution >= 0.6 is 0 Å². The van der Waals surface area contributed by atoms with Gasteiger partial charge in [0.05, 0.1) is 17.6 Å². The second-order valence-corrected chi connectivity index (χ2v) is 7.84. The second kappa shape index (κ2) is 6.11. The Bertz CT molecular complexity index is 771. The predicted molar refractivity (Wildman–Crippen MR) is 95.6 cm³/mol. The maximum atomic E-state index is 13.0. The van der Waals surface area contributed by atoms with Crippen molar-refractivity contribution in [1.29, 1.82) is 0 Å². The van der Waals surface area contributed by atoms with Crippen LogP contribution in [0.4, 0.5) is 5.69 Å². The summed E-state index contributed by atoms with van der Waals surface area (Å²) in [6.45, 7) is 7.94. The van der Waals surface area contributed by atoms with Crippen molar-refractivity contribution in [2.75, 3.05) is 11.9 Å². The lowest BCUT2D eigenvalue weighted by molar-refractivity contribution is -0.165. The molecule has 1 saturated carbocycles. The standard InChI is InChI=1S/C20H25NO5/c1-5-11-25-15(22)13-7-6-8-14(12-13)21-16(23)20-10-9-19(4,17(24)26-20)18(20,2)3/h6-8,12H,5,9-11H2,1-4H3,(H,21,23)/t19-,20+/m0/s1. The summed E-state index contributed by atoms with van der Waals surface area (Å²) in [6, 6.07) is 6.59. The molecule has 1 saturated heterocycles. The molecule has 1 heterocycles. The SMILES string of the molecule is CCCOC(=O)c1cccc(NC(=O)[C@@]23CC[C@@](C)(C(=O)O2)C3(C)C)c1. The number of amides is 1. The molecule has 1 N–H and O–H groups in total. The number of fused-ring (bicyclic) bond motifs is 2. The van der Waals surface area contributed by atoms with E-state index < -0.39 is 22.4 Å². The number of carbonyl (C=O) groups is 3. The Hall–Kier alpha value is -2.37. The molecule has 140 valence electrons. The summed E-state index contributed by atoms with van der Waals surface area (Å²) >= 11 is 0. The number of hydrogen-bond acceptors (Lipinski definition) is 5. The van der Waals surface area contributed by atoms with Crippen LogP contribution in [0, 0.1) is 10.8 Å². The quantitative estimate of drug-likeness (QED) is 0.816. The van der Waals surface area contributed by atoms with E-state index in [1.165, 1.54) is 0 Å². The van der Waals surface area contributed by atoms with Crippen molar-refractivity contribution in [2.24, 2.45) is 10.8 Å². The molecule has 2 fully saturated rings. The fraction of sp³-hybridized carbons (Fsp3) is 0.550. The van der Waals surface area contributed by atoms with Gasteiger partial charge in [0, 0.05) is 11.1 Å². The molecule has 1 aliphatic carbocycles. The van der Waals surface area contributed by atoms with Crippen molar-refractivity contribution >= 4 is 23.5 Å². The van der Waals surface area contributed by atoms with Crippen LogP contribution < -0.4 is 5.32 Å². The zero-order valence-corrected chi connectivity index (χ0v) is 15.7. The molecule has 6 heteroatoms. The molecule has 2 aliphatic rings. The summed E-state index contributed by atoms with van der Waals surface area (Å²) in [4.78, 5) is 37.4. The monoisotopic (exact) mass is 359 g/mol. The van der Waals surface area contributed by atoms with Crippen molar-refractivity contribution in [3.8, 4) is 0 Å². The molecule has 0 aromatic heterocycles. The van der Waals surface area contributed by atoms with Crippen LogP contribution in [0.25, 0.3) is 0 Å². The second-order valence-electron chi connectivity index (χ2n) is 7.84. The zero-order valence-electron chi connectivity index (χ0n) is 15.7. The third kappa shape index (κ3) is 2.42. The topological polar surface area (TPSA) is 81.7 Å². The van der Waals surface area contributed by atoms with E-state index in [4.69, 9.17) is 9.47 Å². The normalized spacial score (nSPS) is 28.5. The Labute approximate surface area is 153 Å². The molecule has 1 aromatic rings. The summed E-state index contributed by atoms with van der Waals surface area (Å²) in [5.74, 6) is -1.10. The summed E-state index contributed by atoms with van der Waals surface area (Å²) in [7, 11) is 0. The van der Waals surface area contributed by atoms with Gasteiger partial charge < -0.3 is 14.8 Å². The van der Waals surface area contributed by atoms with Gasteiger partial charge in [-0.05, 0) is 44.4 Å². The van der Waals surface area contributed by atoms with Gasteiger partial charge in [0.2, 0.25) is 0 Å². The minimum atomic E-state index is -1.18. The zero-order chi connectivity index (χ0) is 19.2. The number of ether oxygens (including phenoxy) is 2. The highest BCUT2D eigenvalue weighted by molar-refractivity contribution is 6.03. The number of anilines is 1. The first-order valence-corrected chi connectivity index (χ1v) is 9.00. The van der Waals surface area contributed by atoms with E-state index in [2.05, 4.69) is 5.32 Å². The Morgan fingerprint density at radius 2 is 1.96 bits per heavy atom. The van der Waals surface area contributed by atoms with Crippen molar-refractivity contribution in [1.82, 2.24) is 0 Å². The first-order valence-electron chi connectivity index (χ1n) is 9.00. The van der Waals surface area contributed by atoms with Crippen molar-refractivity contribution < 1.29 is 23.9 Å². The van der Waals surface area contributed by atoms with Crippen LogP contribution in [0.2, 0.25) is 0 Å². The predicted octanol–water partition coefficient (Wildman–Crippen LogP) is 3.31. The maximum absolute atomic E-state index is 13.0. The fourth-order valence-electron chi connectivity index (χ4n) is 3.98. The van der Waals surface area contributed by atoms with E-state index in [0.717, 1.165) is 6.42 Å². The van der Waals surface area contributed by atoms with Gasteiger partial charge in [-0.1, -0.05) is 26.8 Å². The Balaban J connectivity index is 1.81. The Morgan fingerprint density at radius 3 is 2.54 bits per heavy atom. The molecule has 0 radical (unpaired) electrons. The van der Waals surface area contributed by atoms with Crippen molar-refractivity contribution in [3.05, 3.63) is 29.8 Å². The van der Waals surface area contributed by atoms with Crippen molar-refractivity contribution in [3.63, 3.8) is 0 Å². The van der Waals surface area contributed by atoms with Crippen LogP contribution in [0.3, 0.4) is 0 Å². The minimum absolute atomic E-state index is 0.319. The molecule has 0 spiro atoms. The molecule has 1 aromatic carbocycles. The van der Waals surface area contributed by atoms with Gasteiger partial charge >= 0.3 is 11.9 Å². The molecular formula is C20H25NO5. The lowest BCUT2D eigenvalue weighted by atomic mass is 9.66. The number of hydrogen-bond donors (Lipinski definition) is 1. The third-order valence-corrected chi connectivity index (χ3v) is 6.24. The number of carbonyl (C=O) groups excluding carboxylic acids is 3. The van der Waals surface area contributed by atoms with E-state index in [9.17, 15) is 14.4 Å². The molecule has 1 aliphatic heterocycles. The van der Waals surface area contributed by atoms with Crippen LogP contribution in [-0.2, 0) is 19.1 Å². The van der Waals surface area contributed by atoms with Gasteiger partial charge in [-0.3, -0.25) is 9.59 Å². The smallest absolute Gasteiger partial charge is 0.338 e.